The Labute approximate surface area is 258 Å². The molecule has 0 bridgehead atoms. The molecule has 0 aliphatic carbocycles. The van der Waals surface area contributed by atoms with Gasteiger partial charge in [-0.3, -0.25) is 9.36 Å². The molecule has 9 nitrogen and oxygen atoms in total. The first-order valence-corrected chi connectivity index (χ1v) is 15.0. The van der Waals surface area contributed by atoms with E-state index in [9.17, 15) is 14.4 Å². The Bertz CT molecular complexity index is 1900. The monoisotopic (exact) mass is 612 g/mol. The minimum Gasteiger partial charge on any atom is -0.491 e. The number of esters is 1. The largest absolute Gasteiger partial charge is 0.491 e. The van der Waals surface area contributed by atoms with Crippen molar-refractivity contribution in [2.75, 3.05) is 6.61 Å². The lowest BCUT2D eigenvalue weighted by Gasteiger charge is -2.26. The molecule has 0 radical (unpaired) electrons. The lowest BCUT2D eigenvalue weighted by molar-refractivity contribution is -0.139. The first-order chi connectivity index (χ1) is 21.2. The molecule has 0 saturated heterocycles. The average molecular weight is 613 g/mol. The predicted molar refractivity (Wildman–Crippen MR) is 167 cm³/mol. The first-order valence-electron chi connectivity index (χ1n) is 14.2. The van der Waals surface area contributed by atoms with Gasteiger partial charge < -0.3 is 19.3 Å². The summed E-state index contributed by atoms with van der Waals surface area (Å²) in [7, 11) is 0. The van der Waals surface area contributed by atoms with Crippen molar-refractivity contribution in [1.82, 2.24) is 4.57 Å². The summed E-state index contributed by atoms with van der Waals surface area (Å²) in [5, 5.41) is 9.06. The van der Waals surface area contributed by atoms with Crippen LogP contribution < -0.4 is 24.4 Å². The third-order valence-electron chi connectivity index (χ3n) is 6.88. The molecule has 1 aromatic heterocycles. The third-order valence-corrected chi connectivity index (χ3v) is 7.86. The summed E-state index contributed by atoms with van der Waals surface area (Å²) in [4.78, 5) is 43.4. The van der Waals surface area contributed by atoms with Gasteiger partial charge in [-0.25, -0.2) is 14.6 Å². The van der Waals surface area contributed by atoms with Crippen molar-refractivity contribution in [2.45, 2.75) is 46.4 Å². The number of para-hydroxylation sites is 1. The van der Waals surface area contributed by atoms with E-state index < -0.39 is 18.0 Å². The highest BCUT2D eigenvalue weighted by Gasteiger charge is 2.35. The number of nitrogens with zero attached hydrogens (tertiary/aromatic N) is 2. The molecule has 5 rings (SSSR count). The number of carboxylic acids is 1. The van der Waals surface area contributed by atoms with E-state index in [2.05, 4.69) is 4.99 Å². The Morgan fingerprint density at radius 2 is 1.75 bits per heavy atom. The van der Waals surface area contributed by atoms with Crippen molar-refractivity contribution < 1.29 is 28.9 Å². The van der Waals surface area contributed by atoms with Gasteiger partial charge in [-0.2, -0.15) is 0 Å². The second-order valence-corrected chi connectivity index (χ2v) is 11.4. The minimum absolute atomic E-state index is 0.118. The number of hydrogen-bond donors (Lipinski definition) is 1. The van der Waals surface area contributed by atoms with Crippen molar-refractivity contribution in [2.24, 2.45) is 4.99 Å². The minimum atomic E-state index is -0.976. The maximum atomic E-state index is 14.0. The Kier molecular flexibility index (Phi) is 9.10. The van der Waals surface area contributed by atoms with E-state index in [-0.39, 0.29) is 30.4 Å². The molecule has 44 heavy (non-hydrogen) atoms. The van der Waals surface area contributed by atoms with Gasteiger partial charge in [-0.1, -0.05) is 53.8 Å². The number of benzene rings is 3. The van der Waals surface area contributed by atoms with Crippen LogP contribution in [0.25, 0.3) is 6.08 Å². The number of aromatic carboxylic acids is 1. The molecule has 1 N–H and O–H groups in total. The molecule has 0 spiro atoms. The van der Waals surface area contributed by atoms with Gasteiger partial charge in [0.05, 0.1) is 34.1 Å². The highest BCUT2D eigenvalue weighted by atomic mass is 32.1. The van der Waals surface area contributed by atoms with Crippen molar-refractivity contribution in [3.05, 3.63) is 126 Å². The molecular formula is C34H32N2O7S. The Balaban J connectivity index is 1.48. The van der Waals surface area contributed by atoms with Crippen LogP contribution >= 0.6 is 11.3 Å². The number of carboxylic acid groups (broad SMARTS) is 1. The van der Waals surface area contributed by atoms with Gasteiger partial charge in [0, 0.05) is 5.56 Å². The van der Waals surface area contributed by atoms with E-state index in [0.717, 1.165) is 11.1 Å². The number of hydrogen-bond acceptors (Lipinski definition) is 8. The van der Waals surface area contributed by atoms with E-state index in [1.807, 2.05) is 50.2 Å². The van der Waals surface area contributed by atoms with Crippen molar-refractivity contribution >= 4 is 29.4 Å². The summed E-state index contributed by atoms with van der Waals surface area (Å²) >= 11 is 1.25. The average Bonchev–Trinajstić information content (AvgIpc) is 3.30. The number of allylic oxidation sites excluding steroid dienone is 1. The highest BCUT2D eigenvalue weighted by Crippen LogP contribution is 2.36. The van der Waals surface area contributed by atoms with Gasteiger partial charge >= 0.3 is 11.9 Å². The topological polar surface area (TPSA) is 116 Å². The number of carbonyl (C=O) groups excluding carboxylic acids is 1. The summed E-state index contributed by atoms with van der Waals surface area (Å²) in [5.74, 6) is -0.300. The maximum absolute atomic E-state index is 14.0. The van der Waals surface area contributed by atoms with Crippen LogP contribution in [-0.2, 0) is 16.1 Å². The zero-order chi connectivity index (χ0) is 31.4. The number of fused-ring (bicyclic) bond motifs is 1. The van der Waals surface area contributed by atoms with Crippen molar-refractivity contribution in [1.29, 1.82) is 0 Å². The number of thiazole rings is 1. The quantitative estimate of drug-likeness (QED) is 0.254. The molecule has 4 aromatic rings. The fraction of sp³-hybridized carbons (Fsp3) is 0.235. The van der Waals surface area contributed by atoms with Crippen LogP contribution in [0.3, 0.4) is 0 Å². The van der Waals surface area contributed by atoms with Gasteiger partial charge in [0.25, 0.3) is 5.56 Å². The molecule has 1 aliphatic rings. The Hall–Kier alpha value is -4.96. The standard InChI is InChI=1S/C34H32N2O7S/c1-5-41-33(40)29-21(4)35-34-36(30(29)26-8-6-7-9-27(26)43-20(2)3)31(37)28(44-34)18-22-12-16-25(17-13-22)42-19-23-10-14-24(15-11-23)32(38)39/h6-18,20,30H,5,19H2,1-4H3,(H,38,39)/b28-18+/t30-/m1/s1. The molecular weight excluding hydrogens is 580 g/mol. The predicted octanol–water partition coefficient (Wildman–Crippen LogP) is 4.86. The molecule has 10 heteroatoms. The Morgan fingerprint density at radius 3 is 2.41 bits per heavy atom. The summed E-state index contributed by atoms with van der Waals surface area (Å²) in [6.45, 7) is 7.80. The van der Waals surface area contributed by atoms with Gasteiger partial charge in [-0.15, -0.1) is 0 Å². The molecule has 3 aromatic carbocycles. The molecule has 0 fully saturated rings. The number of rotatable bonds is 10. The van der Waals surface area contributed by atoms with Gasteiger partial charge in [0.15, 0.2) is 4.80 Å². The molecule has 0 saturated carbocycles. The van der Waals surface area contributed by atoms with Crippen LogP contribution in [0.15, 0.2) is 93.9 Å². The third kappa shape index (κ3) is 6.50. The summed E-state index contributed by atoms with van der Waals surface area (Å²) in [5.41, 5.74) is 3.02. The zero-order valence-corrected chi connectivity index (χ0v) is 25.6. The summed E-state index contributed by atoms with van der Waals surface area (Å²) < 4.78 is 19.4. The van der Waals surface area contributed by atoms with Gasteiger partial charge in [0.1, 0.15) is 24.1 Å². The van der Waals surface area contributed by atoms with Crippen molar-refractivity contribution in [3.8, 4) is 11.5 Å². The van der Waals surface area contributed by atoms with Crippen LogP contribution in [0, 0.1) is 0 Å². The Morgan fingerprint density at radius 1 is 1.05 bits per heavy atom. The van der Waals surface area contributed by atoms with E-state index in [1.54, 1.807) is 48.8 Å². The maximum Gasteiger partial charge on any atom is 0.338 e. The molecule has 1 atom stereocenters. The van der Waals surface area contributed by atoms with E-state index >= 15 is 0 Å². The van der Waals surface area contributed by atoms with Crippen molar-refractivity contribution in [3.63, 3.8) is 0 Å². The number of aromatic nitrogens is 1. The van der Waals surface area contributed by atoms with Gasteiger partial charge in [-0.05, 0) is 75.2 Å². The van der Waals surface area contributed by atoms with Gasteiger partial charge in [0.2, 0.25) is 0 Å². The second kappa shape index (κ2) is 13.1. The SMILES string of the molecule is CCOC(=O)C1=C(C)N=c2s/c(=C/c3ccc(OCc4ccc(C(=O)O)cc4)cc3)c(=O)n2[C@@H]1c1ccccc1OC(C)C. The number of carbonyl (C=O) groups is 2. The molecule has 0 unspecified atom stereocenters. The van der Waals surface area contributed by atoms with E-state index in [4.69, 9.17) is 19.3 Å². The molecule has 226 valence electrons. The smallest absolute Gasteiger partial charge is 0.338 e. The van der Waals surface area contributed by atoms with Crippen LogP contribution in [0.2, 0.25) is 0 Å². The number of ether oxygens (including phenoxy) is 3. The lowest BCUT2D eigenvalue weighted by Crippen LogP contribution is -2.40. The molecule has 2 heterocycles. The van der Waals surface area contributed by atoms with Crippen LogP contribution in [0.4, 0.5) is 0 Å². The zero-order valence-electron chi connectivity index (χ0n) is 24.8. The van der Waals surface area contributed by atoms with Crippen LogP contribution in [0.5, 0.6) is 11.5 Å². The molecule has 0 amide bonds. The fourth-order valence-electron chi connectivity index (χ4n) is 4.88. The molecule has 1 aliphatic heterocycles. The normalized spacial score (nSPS) is 14.7. The van der Waals surface area contributed by atoms with E-state index in [0.29, 0.717) is 37.7 Å². The van der Waals surface area contributed by atoms with Crippen LogP contribution in [0.1, 0.15) is 60.8 Å². The summed E-state index contributed by atoms with van der Waals surface area (Å²) in [6, 6.07) is 20.4. The summed E-state index contributed by atoms with van der Waals surface area (Å²) in [6.07, 6.45) is 1.67. The van der Waals surface area contributed by atoms with Crippen LogP contribution in [-0.4, -0.2) is 34.3 Å². The lowest BCUT2D eigenvalue weighted by atomic mass is 9.95. The highest BCUT2D eigenvalue weighted by molar-refractivity contribution is 7.07. The first kappa shape index (κ1) is 30.5. The second-order valence-electron chi connectivity index (χ2n) is 10.4. The van der Waals surface area contributed by atoms with E-state index in [1.165, 1.54) is 23.5 Å². The fourth-order valence-corrected chi connectivity index (χ4v) is 5.92.